The monoisotopic (exact) mass is 374 g/mol. The van der Waals surface area contributed by atoms with Crippen LogP contribution in [0, 0.1) is 0 Å². The van der Waals surface area contributed by atoms with E-state index in [1.54, 1.807) is 18.2 Å². The third-order valence-electron chi connectivity index (χ3n) is 3.09. The molecule has 1 aromatic rings. The molecule has 0 spiro atoms. The summed E-state index contributed by atoms with van der Waals surface area (Å²) in [5, 5.41) is 13.1. The Bertz CT molecular complexity index is 392. The SMILES string of the molecule is Cl.Cl.Oc1ccc(Br)cc1[C@H](CF)N1CCNCC1. The summed E-state index contributed by atoms with van der Waals surface area (Å²) in [5.74, 6) is 0.161. The molecule has 19 heavy (non-hydrogen) atoms. The van der Waals surface area contributed by atoms with E-state index in [1.807, 2.05) is 0 Å². The highest BCUT2D eigenvalue weighted by Crippen LogP contribution is 2.31. The average Bonchev–Trinajstić information content (AvgIpc) is 2.36. The third-order valence-corrected chi connectivity index (χ3v) is 3.58. The molecule has 0 aromatic heterocycles. The van der Waals surface area contributed by atoms with Crippen molar-refractivity contribution in [2.75, 3.05) is 32.9 Å². The number of phenols is 1. The van der Waals surface area contributed by atoms with Crippen LogP contribution >= 0.6 is 40.7 Å². The van der Waals surface area contributed by atoms with Gasteiger partial charge in [-0.05, 0) is 18.2 Å². The van der Waals surface area contributed by atoms with Crippen molar-refractivity contribution in [2.24, 2.45) is 0 Å². The van der Waals surface area contributed by atoms with Crippen LogP contribution in [0.25, 0.3) is 0 Å². The van der Waals surface area contributed by atoms with E-state index in [4.69, 9.17) is 0 Å². The van der Waals surface area contributed by atoms with Gasteiger partial charge in [-0.2, -0.15) is 0 Å². The lowest BCUT2D eigenvalue weighted by atomic mass is 10.0. The van der Waals surface area contributed by atoms with Crippen LogP contribution in [0.2, 0.25) is 0 Å². The van der Waals surface area contributed by atoms with Crippen molar-refractivity contribution in [3.63, 3.8) is 0 Å². The Morgan fingerprint density at radius 3 is 2.53 bits per heavy atom. The number of piperazine rings is 1. The summed E-state index contributed by atoms with van der Waals surface area (Å²) in [6.07, 6.45) is 0. The highest BCUT2D eigenvalue weighted by atomic mass is 79.9. The highest BCUT2D eigenvalue weighted by Gasteiger charge is 2.24. The Labute approximate surface area is 133 Å². The van der Waals surface area contributed by atoms with Gasteiger partial charge in [0, 0.05) is 36.2 Å². The first kappa shape index (κ1) is 18.9. The summed E-state index contributed by atoms with van der Waals surface area (Å²) >= 11 is 3.35. The first-order valence-corrected chi connectivity index (χ1v) is 6.51. The zero-order valence-corrected chi connectivity index (χ0v) is 13.5. The minimum atomic E-state index is -0.482. The maximum atomic E-state index is 13.3. The second-order valence-corrected chi connectivity index (χ2v) is 5.07. The predicted octanol–water partition coefficient (Wildman–Crippen LogP) is 2.91. The molecule has 1 saturated heterocycles. The van der Waals surface area contributed by atoms with Gasteiger partial charge in [0.2, 0.25) is 0 Å². The van der Waals surface area contributed by atoms with Gasteiger partial charge in [-0.1, -0.05) is 15.9 Å². The smallest absolute Gasteiger partial charge is 0.120 e. The largest absolute Gasteiger partial charge is 0.508 e. The second-order valence-electron chi connectivity index (χ2n) is 4.16. The number of halogens is 4. The molecule has 1 fully saturated rings. The van der Waals surface area contributed by atoms with Crippen molar-refractivity contribution in [1.82, 2.24) is 10.2 Å². The molecule has 0 unspecified atom stereocenters. The molecule has 0 saturated carbocycles. The molecule has 3 nitrogen and oxygen atoms in total. The topological polar surface area (TPSA) is 35.5 Å². The van der Waals surface area contributed by atoms with Gasteiger partial charge in [0.05, 0.1) is 6.04 Å². The number of rotatable bonds is 3. The molecular formula is C12H18BrCl2FN2O. The Morgan fingerprint density at radius 1 is 1.32 bits per heavy atom. The number of benzene rings is 1. The van der Waals surface area contributed by atoms with E-state index < -0.39 is 6.67 Å². The van der Waals surface area contributed by atoms with Gasteiger partial charge in [0.25, 0.3) is 0 Å². The van der Waals surface area contributed by atoms with Crippen molar-refractivity contribution >= 4 is 40.7 Å². The lowest BCUT2D eigenvalue weighted by Crippen LogP contribution is -2.45. The molecule has 2 N–H and O–H groups in total. The van der Waals surface area contributed by atoms with E-state index in [0.717, 1.165) is 30.7 Å². The third kappa shape index (κ3) is 4.76. The average molecular weight is 376 g/mol. The summed E-state index contributed by atoms with van der Waals surface area (Å²) in [4.78, 5) is 2.07. The van der Waals surface area contributed by atoms with Gasteiger partial charge in [0.15, 0.2) is 0 Å². The first-order chi connectivity index (χ1) is 8.22. The minimum Gasteiger partial charge on any atom is -0.508 e. The van der Waals surface area contributed by atoms with Crippen LogP contribution in [-0.4, -0.2) is 42.9 Å². The fraction of sp³-hybridized carbons (Fsp3) is 0.500. The number of hydrogen-bond acceptors (Lipinski definition) is 3. The summed E-state index contributed by atoms with van der Waals surface area (Å²) in [6, 6.07) is 4.80. The molecular weight excluding hydrogens is 358 g/mol. The molecule has 7 heteroatoms. The maximum absolute atomic E-state index is 13.3. The van der Waals surface area contributed by atoms with Crippen molar-refractivity contribution in [2.45, 2.75) is 6.04 Å². The first-order valence-electron chi connectivity index (χ1n) is 5.71. The number of nitrogens with one attached hydrogen (secondary N) is 1. The summed E-state index contributed by atoms with van der Waals surface area (Å²) in [7, 11) is 0. The number of phenolic OH excluding ortho intramolecular Hbond substituents is 1. The normalized spacial score (nSPS) is 17.2. The van der Waals surface area contributed by atoms with Gasteiger partial charge in [-0.15, -0.1) is 24.8 Å². The number of alkyl halides is 1. The number of nitrogens with zero attached hydrogens (tertiary/aromatic N) is 1. The van der Waals surface area contributed by atoms with Crippen LogP contribution in [0.5, 0.6) is 5.75 Å². The zero-order valence-electron chi connectivity index (χ0n) is 10.3. The fourth-order valence-electron chi connectivity index (χ4n) is 2.16. The highest BCUT2D eigenvalue weighted by molar-refractivity contribution is 9.10. The van der Waals surface area contributed by atoms with E-state index in [0.29, 0.717) is 5.56 Å². The van der Waals surface area contributed by atoms with Gasteiger partial charge in [-0.3, -0.25) is 4.90 Å². The van der Waals surface area contributed by atoms with Crippen LogP contribution in [-0.2, 0) is 0 Å². The molecule has 1 aliphatic rings. The molecule has 0 amide bonds. The van der Waals surface area contributed by atoms with Crippen molar-refractivity contribution in [3.8, 4) is 5.75 Å². The van der Waals surface area contributed by atoms with Crippen molar-refractivity contribution in [3.05, 3.63) is 28.2 Å². The van der Waals surface area contributed by atoms with E-state index in [2.05, 4.69) is 26.1 Å². The van der Waals surface area contributed by atoms with Crippen LogP contribution < -0.4 is 5.32 Å². The Hall–Kier alpha value is -0.0700. The van der Waals surface area contributed by atoms with E-state index in [1.165, 1.54) is 0 Å². The van der Waals surface area contributed by atoms with E-state index >= 15 is 0 Å². The van der Waals surface area contributed by atoms with Gasteiger partial charge in [-0.25, -0.2) is 4.39 Å². The summed E-state index contributed by atoms with van der Waals surface area (Å²) < 4.78 is 14.1. The molecule has 1 atom stereocenters. The standard InChI is InChI=1S/C12H16BrFN2O.2ClH/c13-9-1-2-12(17)10(7-9)11(8-14)16-5-3-15-4-6-16;;/h1-2,7,11,15,17H,3-6,8H2;2*1H/t11-;;/m0../s1. The van der Waals surface area contributed by atoms with Gasteiger partial charge >= 0.3 is 0 Å². The van der Waals surface area contributed by atoms with E-state index in [-0.39, 0.29) is 36.6 Å². The Morgan fingerprint density at radius 2 is 1.95 bits per heavy atom. The second kappa shape index (κ2) is 8.97. The summed E-state index contributed by atoms with van der Waals surface area (Å²) in [5.41, 5.74) is 0.656. The Kier molecular flexibility index (Phi) is 8.94. The molecule has 0 radical (unpaired) electrons. The Balaban J connectivity index is 0.00000162. The van der Waals surface area contributed by atoms with E-state index in [9.17, 15) is 9.50 Å². The van der Waals surface area contributed by atoms with Crippen LogP contribution in [0.3, 0.4) is 0 Å². The lowest BCUT2D eigenvalue weighted by molar-refractivity contribution is 0.145. The molecule has 1 heterocycles. The fourth-order valence-corrected chi connectivity index (χ4v) is 2.54. The summed E-state index contributed by atoms with van der Waals surface area (Å²) in [6.45, 7) is 2.86. The zero-order chi connectivity index (χ0) is 12.3. The van der Waals surface area contributed by atoms with Crippen molar-refractivity contribution < 1.29 is 9.50 Å². The molecule has 1 aromatic carbocycles. The quantitative estimate of drug-likeness (QED) is 0.852. The predicted molar refractivity (Wildman–Crippen MR) is 83.5 cm³/mol. The molecule has 0 bridgehead atoms. The molecule has 0 aliphatic carbocycles. The van der Waals surface area contributed by atoms with Gasteiger partial charge in [0.1, 0.15) is 12.4 Å². The number of aromatic hydroxyl groups is 1. The maximum Gasteiger partial charge on any atom is 0.120 e. The number of hydrogen-bond donors (Lipinski definition) is 2. The molecule has 2 rings (SSSR count). The van der Waals surface area contributed by atoms with Crippen LogP contribution in [0.1, 0.15) is 11.6 Å². The molecule has 110 valence electrons. The molecule has 1 aliphatic heterocycles. The lowest BCUT2D eigenvalue weighted by Gasteiger charge is -2.33. The van der Waals surface area contributed by atoms with Crippen molar-refractivity contribution in [1.29, 1.82) is 0 Å². The van der Waals surface area contributed by atoms with Crippen LogP contribution in [0.4, 0.5) is 4.39 Å². The van der Waals surface area contributed by atoms with Gasteiger partial charge < -0.3 is 10.4 Å². The minimum absolute atomic E-state index is 0. The van der Waals surface area contributed by atoms with Crippen LogP contribution in [0.15, 0.2) is 22.7 Å².